The van der Waals surface area contributed by atoms with Crippen LogP contribution in [0, 0.1) is 6.08 Å². The predicted octanol–water partition coefficient (Wildman–Crippen LogP) is 2.30. The van der Waals surface area contributed by atoms with Crippen molar-refractivity contribution >= 4 is 11.8 Å². The van der Waals surface area contributed by atoms with Gasteiger partial charge in [0.2, 0.25) is 0 Å². The molecule has 0 aliphatic rings. The van der Waals surface area contributed by atoms with E-state index in [9.17, 15) is 0 Å². The van der Waals surface area contributed by atoms with Gasteiger partial charge in [-0.15, -0.1) is 0 Å². The summed E-state index contributed by atoms with van der Waals surface area (Å²) >= 11 is 2.90. The molecule has 0 fully saturated rings. The van der Waals surface area contributed by atoms with E-state index < -0.39 is 0 Å². The van der Waals surface area contributed by atoms with Gasteiger partial charge in [0.1, 0.15) is 0 Å². The average molecular weight is 678 g/mol. The number of hydrogen-bond acceptors (Lipinski definition) is 2. The minimum absolute atomic E-state index is 0. The Balaban J connectivity index is -0.000000320. The topological polar surface area (TPSA) is 12.4 Å². The fourth-order valence-electron chi connectivity index (χ4n) is 0.290. The molecular weight excluding hydrogens is 670 g/mol. The Kier molecular flexibility index (Phi) is 23.9. The van der Waals surface area contributed by atoms with Crippen molar-refractivity contribution in [2.45, 2.75) is 6.92 Å². The number of allylic oxidation sites excluding steroid dienone is 3. The first-order valence-electron chi connectivity index (χ1n) is 2.43. The molecule has 0 aliphatic carbocycles. The molecule has 0 aliphatic heterocycles. The minimum Gasteiger partial charge on any atom is 0 e. The van der Waals surface area contributed by atoms with Crippen molar-refractivity contribution in [2.24, 2.45) is 3.50 Å². The summed E-state index contributed by atoms with van der Waals surface area (Å²) in [4.78, 5) is 0. The van der Waals surface area contributed by atoms with Crippen LogP contribution in [-0.4, -0.2) is 6.26 Å². The van der Waals surface area contributed by atoms with E-state index in [0.717, 1.165) is 5.03 Å². The molecule has 0 bridgehead atoms. The van der Waals surface area contributed by atoms with Crippen LogP contribution in [0.4, 0.5) is 0 Å². The van der Waals surface area contributed by atoms with Gasteiger partial charge in [0.15, 0.2) is 0 Å². The molecule has 0 atom stereocenters. The molecule has 62 valence electrons. The summed E-state index contributed by atoms with van der Waals surface area (Å²) in [5.41, 5.74) is 0. The molecule has 5 heteroatoms. The van der Waals surface area contributed by atoms with E-state index in [-0.39, 0.29) is 42.1 Å². The quantitative estimate of drug-likeness (QED) is 0.330. The van der Waals surface area contributed by atoms with Crippen LogP contribution >= 0.6 is 11.8 Å². The van der Waals surface area contributed by atoms with Gasteiger partial charge in [-0.3, -0.25) is 0 Å². The van der Waals surface area contributed by atoms with Crippen molar-refractivity contribution in [1.82, 2.24) is 0 Å². The van der Waals surface area contributed by atoms with Crippen LogP contribution in [0.2, 0.25) is 0 Å². The van der Waals surface area contributed by atoms with Crippen molar-refractivity contribution in [2.75, 3.05) is 6.26 Å². The molecule has 0 rings (SSSR count). The SMILES string of the molecule is C[C-]=C/C=C(\[N]=[W])SC.[W].[W]. The molecule has 0 aromatic heterocycles. The summed E-state index contributed by atoms with van der Waals surface area (Å²) in [7, 11) is 0. The second-order valence-corrected chi connectivity index (χ2v) is 2.74. The standard InChI is InChI=1S/C6H8NS.3W/c1-3-4-5-6(7)8-2;;;/h4-5H,1-2H3;;;/q-1;;;/b6-5+;;;. The van der Waals surface area contributed by atoms with Gasteiger partial charge in [0, 0.05) is 42.1 Å². The van der Waals surface area contributed by atoms with E-state index in [4.69, 9.17) is 0 Å². The molecule has 0 radical (unpaired) electrons. The van der Waals surface area contributed by atoms with Crippen molar-refractivity contribution < 1.29 is 61.8 Å². The zero-order valence-corrected chi connectivity index (χ0v) is 15.9. The van der Waals surface area contributed by atoms with Crippen molar-refractivity contribution in [3.05, 3.63) is 23.3 Å². The first-order chi connectivity index (χ1) is 4.35. The maximum absolute atomic E-state index is 4.08. The Labute approximate surface area is 112 Å². The molecular formula is C6H8NSW3-. The second kappa shape index (κ2) is 14.2. The Morgan fingerprint density at radius 2 is 2.09 bits per heavy atom. The second-order valence-electron chi connectivity index (χ2n) is 1.26. The molecule has 0 amide bonds. The maximum Gasteiger partial charge on any atom is 0 e. The van der Waals surface area contributed by atoms with Gasteiger partial charge in [-0.2, -0.15) is 0 Å². The van der Waals surface area contributed by atoms with Crippen molar-refractivity contribution in [3.8, 4) is 0 Å². The molecule has 0 aromatic rings. The van der Waals surface area contributed by atoms with Gasteiger partial charge in [0.05, 0.1) is 0 Å². The number of hydrogen-bond donors (Lipinski definition) is 0. The van der Waals surface area contributed by atoms with E-state index in [0.29, 0.717) is 0 Å². The molecule has 0 saturated carbocycles. The van der Waals surface area contributed by atoms with Crippen LogP contribution in [-0.2, 0) is 61.8 Å². The first-order valence-corrected chi connectivity index (χ1v) is 4.97. The summed E-state index contributed by atoms with van der Waals surface area (Å²) in [6.45, 7) is 1.87. The van der Waals surface area contributed by atoms with Crippen molar-refractivity contribution in [1.29, 1.82) is 0 Å². The largest absolute Gasteiger partial charge is 0 e. The molecule has 0 spiro atoms. The smallest absolute Gasteiger partial charge is 0 e. The summed E-state index contributed by atoms with van der Waals surface area (Å²) in [5, 5.41) is 1.07. The fraction of sp³-hybridized carbons (Fsp3) is 0.333. The predicted molar refractivity (Wildman–Crippen MR) is 37.5 cm³/mol. The van der Waals surface area contributed by atoms with E-state index in [1.807, 2.05) is 25.3 Å². The molecule has 0 unspecified atom stereocenters. The third-order valence-electron chi connectivity index (χ3n) is 0.692. The summed E-state index contributed by atoms with van der Waals surface area (Å²) in [6.07, 6.45) is 8.75. The monoisotopic (exact) mass is 678 g/mol. The van der Waals surface area contributed by atoms with Crippen LogP contribution in [0.5, 0.6) is 0 Å². The van der Waals surface area contributed by atoms with E-state index >= 15 is 0 Å². The Morgan fingerprint density at radius 3 is 2.36 bits per heavy atom. The van der Waals surface area contributed by atoms with Gasteiger partial charge < -0.3 is 0 Å². The van der Waals surface area contributed by atoms with E-state index in [2.05, 4.69) is 9.57 Å². The zero-order valence-electron chi connectivity index (χ0n) is 6.23. The zero-order chi connectivity index (χ0) is 7.11. The average Bonchev–Trinajstić information content (AvgIpc) is 1.91. The number of nitrogens with zero attached hydrogens (tertiary/aromatic N) is 1. The van der Waals surface area contributed by atoms with Gasteiger partial charge in [-0.05, 0) is 0 Å². The van der Waals surface area contributed by atoms with Crippen LogP contribution in [0.1, 0.15) is 6.92 Å². The van der Waals surface area contributed by atoms with Crippen LogP contribution < -0.4 is 0 Å². The molecule has 0 aromatic carbocycles. The van der Waals surface area contributed by atoms with E-state index in [1.165, 1.54) is 19.6 Å². The third kappa shape index (κ3) is 11.7. The van der Waals surface area contributed by atoms with Gasteiger partial charge in [-0.1, -0.05) is 0 Å². The van der Waals surface area contributed by atoms with Crippen molar-refractivity contribution in [3.63, 3.8) is 0 Å². The number of rotatable bonds is 3. The van der Waals surface area contributed by atoms with Crippen LogP contribution in [0.15, 0.2) is 20.7 Å². The normalized spacial score (nSPS) is 10.2. The Hall–Kier alpha value is 1.69. The molecule has 0 N–H and O–H groups in total. The van der Waals surface area contributed by atoms with Gasteiger partial charge in [-0.25, -0.2) is 0 Å². The Bertz CT molecular complexity index is 145. The molecule has 11 heavy (non-hydrogen) atoms. The third-order valence-corrected chi connectivity index (χ3v) is 2.50. The summed E-state index contributed by atoms with van der Waals surface area (Å²) in [6, 6.07) is 0. The summed E-state index contributed by atoms with van der Waals surface area (Å²) in [5.74, 6) is 0. The van der Waals surface area contributed by atoms with Crippen LogP contribution in [0.3, 0.4) is 0 Å². The number of thioether (sulfide) groups is 1. The minimum atomic E-state index is 0. The van der Waals surface area contributed by atoms with E-state index in [1.54, 1.807) is 11.8 Å². The van der Waals surface area contributed by atoms with Crippen LogP contribution in [0.25, 0.3) is 0 Å². The molecule has 0 saturated heterocycles. The molecule has 0 heterocycles. The fourth-order valence-corrected chi connectivity index (χ4v) is 1.59. The van der Waals surface area contributed by atoms with Gasteiger partial charge in [0.25, 0.3) is 0 Å². The summed E-state index contributed by atoms with van der Waals surface area (Å²) < 4.78 is 4.08. The van der Waals surface area contributed by atoms with Gasteiger partial charge >= 0.3 is 71.3 Å². The maximum atomic E-state index is 4.08. The Morgan fingerprint density at radius 1 is 1.55 bits per heavy atom. The first kappa shape index (κ1) is 18.5. The molecule has 1 nitrogen and oxygen atoms in total.